The number of aromatic nitrogens is 4. The van der Waals surface area contributed by atoms with Crippen molar-refractivity contribution in [1.82, 2.24) is 19.6 Å². The number of amides is 1. The lowest BCUT2D eigenvalue weighted by Gasteiger charge is -2.12. The highest BCUT2D eigenvalue weighted by atomic mass is 19.4. The van der Waals surface area contributed by atoms with Gasteiger partial charge in [0.1, 0.15) is 0 Å². The fourth-order valence-electron chi connectivity index (χ4n) is 2.19. The molecular formula is C15H12F3N5O. The maximum atomic E-state index is 12.9. The largest absolute Gasteiger partial charge is 0.416 e. The van der Waals surface area contributed by atoms with Crippen molar-refractivity contribution in [2.24, 2.45) is 0 Å². The normalized spacial score (nSPS) is 11.7. The molecule has 0 unspecified atom stereocenters. The standard InChI is InChI=1S/C15H12F3N5O/c1-8-3-4-10(7-11(8)15(16,17)18)20-13(24)12-21-14-19-6-5-9(2)23(14)22-12/h3-7H,1-2H3,(H,20,24). The van der Waals surface area contributed by atoms with Gasteiger partial charge in [-0.1, -0.05) is 6.07 Å². The highest BCUT2D eigenvalue weighted by Crippen LogP contribution is 2.33. The number of carbonyl (C=O) groups is 1. The van der Waals surface area contributed by atoms with Crippen molar-refractivity contribution in [1.29, 1.82) is 0 Å². The molecule has 0 aliphatic heterocycles. The van der Waals surface area contributed by atoms with Crippen LogP contribution in [0.5, 0.6) is 0 Å². The van der Waals surface area contributed by atoms with E-state index in [0.717, 1.165) is 11.8 Å². The monoisotopic (exact) mass is 335 g/mol. The molecule has 3 rings (SSSR count). The minimum absolute atomic E-state index is 0.0152. The van der Waals surface area contributed by atoms with E-state index in [1.165, 1.54) is 29.8 Å². The van der Waals surface area contributed by atoms with Crippen LogP contribution in [-0.2, 0) is 6.18 Å². The molecule has 0 fully saturated rings. The highest BCUT2D eigenvalue weighted by Gasteiger charge is 2.32. The molecule has 9 heteroatoms. The zero-order valence-corrected chi connectivity index (χ0v) is 12.7. The predicted molar refractivity (Wildman–Crippen MR) is 79.7 cm³/mol. The van der Waals surface area contributed by atoms with Crippen LogP contribution < -0.4 is 5.32 Å². The molecule has 0 atom stereocenters. The van der Waals surface area contributed by atoms with Gasteiger partial charge in [0.15, 0.2) is 0 Å². The first-order valence-corrected chi connectivity index (χ1v) is 6.93. The molecule has 0 aliphatic rings. The summed E-state index contributed by atoms with van der Waals surface area (Å²) in [4.78, 5) is 20.1. The van der Waals surface area contributed by atoms with E-state index in [2.05, 4.69) is 20.4 Å². The number of hydrogen-bond donors (Lipinski definition) is 1. The zero-order chi connectivity index (χ0) is 17.5. The molecule has 0 spiro atoms. The number of nitrogens with zero attached hydrogens (tertiary/aromatic N) is 4. The van der Waals surface area contributed by atoms with Crippen molar-refractivity contribution in [3.63, 3.8) is 0 Å². The number of alkyl halides is 3. The van der Waals surface area contributed by atoms with E-state index in [-0.39, 0.29) is 22.9 Å². The van der Waals surface area contributed by atoms with Crippen LogP contribution in [0.15, 0.2) is 30.5 Å². The fraction of sp³-hybridized carbons (Fsp3) is 0.200. The number of hydrogen-bond acceptors (Lipinski definition) is 4. The van der Waals surface area contributed by atoms with Gasteiger partial charge in [-0.25, -0.2) is 9.50 Å². The summed E-state index contributed by atoms with van der Waals surface area (Å²) in [5, 5.41) is 6.38. The van der Waals surface area contributed by atoms with Crippen LogP contribution in [0.3, 0.4) is 0 Å². The van der Waals surface area contributed by atoms with Crippen LogP contribution in [-0.4, -0.2) is 25.5 Å². The number of halogens is 3. The smallest absolute Gasteiger partial charge is 0.319 e. The van der Waals surface area contributed by atoms with Gasteiger partial charge >= 0.3 is 6.18 Å². The summed E-state index contributed by atoms with van der Waals surface area (Å²) >= 11 is 0. The summed E-state index contributed by atoms with van der Waals surface area (Å²) in [6.07, 6.45) is -2.97. The van der Waals surface area contributed by atoms with E-state index in [9.17, 15) is 18.0 Å². The van der Waals surface area contributed by atoms with Gasteiger partial charge in [-0.15, -0.1) is 5.10 Å². The van der Waals surface area contributed by atoms with Gasteiger partial charge in [0, 0.05) is 17.6 Å². The Hall–Kier alpha value is -2.97. The second-order valence-electron chi connectivity index (χ2n) is 5.22. The highest BCUT2D eigenvalue weighted by molar-refractivity contribution is 6.01. The molecule has 0 bridgehead atoms. The number of anilines is 1. The van der Waals surface area contributed by atoms with Crippen molar-refractivity contribution in [2.75, 3.05) is 5.32 Å². The Morgan fingerprint density at radius 3 is 2.62 bits per heavy atom. The lowest BCUT2D eigenvalue weighted by Crippen LogP contribution is -2.15. The Labute approximate surface area is 134 Å². The first-order valence-electron chi connectivity index (χ1n) is 6.93. The van der Waals surface area contributed by atoms with Crippen LogP contribution in [0.25, 0.3) is 5.78 Å². The Morgan fingerprint density at radius 1 is 1.21 bits per heavy atom. The summed E-state index contributed by atoms with van der Waals surface area (Å²) in [6, 6.07) is 5.26. The Morgan fingerprint density at radius 2 is 1.96 bits per heavy atom. The molecule has 2 aromatic heterocycles. The molecule has 6 nitrogen and oxygen atoms in total. The lowest BCUT2D eigenvalue weighted by molar-refractivity contribution is -0.138. The van der Waals surface area contributed by atoms with Gasteiger partial charge in [0.05, 0.1) is 5.56 Å². The number of rotatable bonds is 2. The third kappa shape index (κ3) is 2.92. The Bertz CT molecular complexity index is 932. The molecule has 0 radical (unpaired) electrons. The van der Waals surface area contributed by atoms with Crippen molar-refractivity contribution < 1.29 is 18.0 Å². The second-order valence-corrected chi connectivity index (χ2v) is 5.22. The van der Waals surface area contributed by atoms with Gasteiger partial charge in [0.2, 0.25) is 5.82 Å². The van der Waals surface area contributed by atoms with E-state index in [4.69, 9.17) is 0 Å². The number of fused-ring (bicyclic) bond motifs is 1. The molecule has 2 heterocycles. The average Bonchev–Trinajstić information content (AvgIpc) is 2.94. The first-order chi connectivity index (χ1) is 11.3. The van der Waals surface area contributed by atoms with Crippen molar-refractivity contribution in [3.8, 4) is 0 Å². The summed E-state index contributed by atoms with van der Waals surface area (Å²) in [5.74, 6) is -0.650. The molecule has 1 amide bonds. The summed E-state index contributed by atoms with van der Waals surface area (Å²) < 4.78 is 40.2. The van der Waals surface area contributed by atoms with E-state index >= 15 is 0 Å². The molecule has 0 aliphatic carbocycles. The predicted octanol–water partition coefficient (Wildman–Crippen LogP) is 3.01. The van der Waals surface area contributed by atoms with E-state index in [0.29, 0.717) is 0 Å². The van der Waals surface area contributed by atoms with E-state index in [1.807, 2.05) is 0 Å². The molecular weight excluding hydrogens is 323 g/mol. The van der Waals surface area contributed by atoms with Gasteiger partial charge in [-0.3, -0.25) is 4.79 Å². The summed E-state index contributed by atoms with van der Waals surface area (Å²) in [7, 11) is 0. The third-order valence-electron chi connectivity index (χ3n) is 3.43. The number of aryl methyl sites for hydroxylation is 2. The van der Waals surface area contributed by atoms with E-state index < -0.39 is 17.6 Å². The summed E-state index contributed by atoms with van der Waals surface area (Å²) in [5.41, 5.74) is 0.00894. The van der Waals surface area contributed by atoms with Gasteiger partial charge in [-0.2, -0.15) is 18.2 Å². The molecule has 1 N–H and O–H groups in total. The Kier molecular flexibility index (Phi) is 3.70. The molecule has 1 aromatic carbocycles. The molecule has 0 saturated heterocycles. The molecule has 0 saturated carbocycles. The zero-order valence-electron chi connectivity index (χ0n) is 12.7. The van der Waals surface area contributed by atoms with Crippen molar-refractivity contribution in [3.05, 3.63) is 53.1 Å². The number of carbonyl (C=O) groups excluding carboxylic acids is 1. The topological polar surface area (TPSA) is 72.2 Å². The maximum absolute atomic E-state index is 12.9. The molecule has 124 valence electrons. The van der Waals surface area contributed by atoms with Crippen LogP contribution in [0.1, 0.15) is 27.4 Å². The number of benzene rings is 1. The minimum atomic E-state index is -4.49. The Balaban J connectivity index is 1.90. The van der Waals surface area contributed by atoms with Crippen molar-refractivity contribution >= 4 is 17.4 Å². The van der Waals surface area contributed by atoms with Gasteiger partial charge in [0.25, 0.3) is 11.7 Å². The van der Waals surface area contributed by atoms with Crippen LogP contribution in [0, 0.1) is 13.8 Å². The molecule has 24 heavy (non-hydrogen) atoms. The minimum Gasteiger partial charge on any atom is -0.319 e. The van der Waals surface area contributed by atoms with Gasteiger partial charge in [-0.05, 0) is 37.6 Å². The van der Waals surface area contributed by atoms with Crippen LogP contribution >= 0.6 is 0 Å². The first kappa shape index (κ1) is 15.9. The SMILES string of the molecule is Cc1ccc(NC(=O)c2nc3nccc(C)n3n2)cc1C(F)(F)F. The second kappa shape index (κ2) is 5.59. The fourth-order valence-corrected chi connectivity index (χ4v) is 2.19. The third-order valence-corrected chi connectivity index (χ3v) is 3.43. The van der Waals surface area contributed by atoms with E-state index in [1.54, 1.807) is 13.0 Å². The van der Waals surface area contributed by atoms with Crippen LogP contribution in [0.4, 0.5) is 18.9 Å². The lowest BCUT2D eigenvalue weighted by atomic mass is 10.1. The van der Waals surface area contributed by atoms with Crippen molar-refractivity contribution in [2.45, 2.75) is 20.0 Å². The van der Waals surface area contributed by atoms with Crippen LogP contribution in [0.2, 0.25) is 0 Å². The quantitative estimate of drug-likeness (QED) is 0.781. The van der Waals surface area contributed by atoms with Gasteiger partial charge < -0.3 is 5.32 Å². The molecule has 3 aromatic rings. The summed E-state index contributed by atoms with van der Waals surface area (Å²) in [6.45, 7) is 3.12. The number of nitrogens with one attached hydrogen (secondary N) is 1. The maximum Gasteiger partial charge on any atom is 0.416 e. The average molecular weight is 335 g/mol.